The van der Waals surface area contributed by atoms with E-state index in [0.29, 0.717) is 27.6 Å². The number of fused-ring (bicyclic) bond motifs is 1. The summed E-state index contributed by atoms with van der Waals surface area (Å²) in [6.07, 6.45) is 1.52. The number of carbonyl (C=O) groups is 2. The minimum atomic E-state index is -0.443. The fourth-order valence-corrected chi connectivity index (χ4v) is 2.60. The number of hydrogen-bond donors (Lipinski definition) is 1. The Bertz CT molecular complexity index is 1020. The molecule has 1 heterocycles. The normalized spacial score (nSPS) is 10.5. The highest BCUT2D eigenvalue weighted by Gasteiger charge is 2.14. The zero-order chi connectivity index (χ0) is 18.0. The molecule has 0 saturated carbocycles. The molecular weight excluding hydrogens is 320 g/mol. The second-order valence-electron chi connectivity index (χ2n) is 5.53. The number of ether oxygens (including phenoxy) is 1. The van der Waals surface area contributed by atoms with E-state index in [9.17, 15) is 14.4 Å². The predicted octanol–water partition coefficient (Wildman–Crippen LogP) is 2.58. The van der Waals surface area contributed by atoms with Crippen molar-refractivity contribution in [2.24, 2.45) is 7.05 Å². The number of aryl methyl sites for hydroxylation is 1. The topological polar surface area (TPSA) is 77.4 Å². The first-order valence-electron chi connectivity index (χ1n) is 7.59. The summed E-state index contributed by atoms with van der Waals surface area (Å²) in [4.78, 5) is 36.3. The van der Waals surface area contributed by atoms with Crippen molar-refractivity contribution in [3.8, 4) is 0 Å². The number of nitrogens with zero attached hydrogens (tertiary/aromatic N) is 1. The molecular formula is C19H16N2O4. The lowest BCUT2D eigenvalue weighted by Crippen LogP contribution is -2.21. The van der Waals surface area contributed by atoms with E-state index in [1.165, 1.54) is 17.9 Å². The van der Waals surface area contributed by atoms with Crippen LogP contribution in [0, 0.1) is 0 Å². The molecule has 126 valence electrons. The van der Waals surface area contributed by atoms with Crippen molar-refractivity contribution in [1.82, 2.24) is 4.57 Å². The highest BCUT2D eigenvalue weighted by molar-refractivity contribution is 6.12. The Kier molecular flexibility index (Phi) is 4.35. The summed E-state index contributed by atoms with van der Waals surface area (Å²) in [6, 6.07) is 13.4. The fourth-order valence-electron chi connectivity index (χ4n) is 2.60. The van der Waals surface area contributed by atoms with E-state index in [1.807, 2.05) is 0 Å². The van der Waals surface area contributed by atoms with Crippen LogP contribution < -0.4 is 10.9 Å². The minimum Gasteiger partial charge on any atom is -0.465 e. The quantitative estimate of drug-likeness (QED) is 0.746. The maximum Gasteiger partial charge on any atom is 0.337 e. The third kappa shape index (κ3) is 3.14. The van der Waals surface area contributed by atoms with Gasteiger partial charge >= 0.3 is 5.97 Å². The minimum absolute atomic E-state index is 0.158. The summed E-state index contributed by atoms with van der Waals surface area (Å²) in [5.74, 6) is -0.778. The summed E-state index contributed by atoms with van der Waals surface area (Å²) in [5.41, 5.74) is 1.17. The SMILES string of the molecule is COC(=O)c1ccc(NC(=O)c2cn(C)c(=O)c3ccccc23)cc1. The van der Waals surface area contributed by atoms with Crippen molar-refractivity contribution in [3.63, 3.8) is 0 Å². The molecule has 0 aliphatic rings. The van der Waals surface area contributed by atoms with Gasteiger partial charge in [-0.3, -0.25) is 9.59 Å². The summed E-state index contributed by atoms with van der Waals surface area (Å²) >= 11 is 0. The number of nitrogens with one attached hydrogen (secondary N) is 1. The van der Waals surface area contributed by atoms with Gasteiger partial charge in [-0.05, 0) is 30.3 Å². The summed E-state index contributed by atoms with van der Waals surface area (Å²) in [5, 5.41) is 3.85. The first kappa shape index (κ1) is 16.4. The second-order valence-corrected chi connectivity index (χ2v) is 5.53. The lowest BCUT2D eigenvalue weighted by atomic mass is 10.1. The molecule has 0 aliphatic carbocycles. The molecule has 3 aromatic rings. The zero-order valence-electron chi connectivity index (χ0n) is 13.8. The molecule has 25 heavy (non-hydrogen) atoms. The third-order valence-corrected chi connectivity index (χ3v) is 3.90. The number of hydrogen-bond acceptors (Lipinski definition) is 4. The van der Waals surface area contributed by atoms with Crippen LogP contribution >= 0.6 is 0 Å². The molecule has 1 amide bonds. The van der Waals surface area contributed by atoms with Crippen LogP contribution in [0.3, 0.4) is 0 Å². The van der Waals surface area contributed by atoms with E-state index >= 15 is 0 Å². The molecule has 6 nitrogen and oxygen atoms in total. The number of rotatable bonds is 3. The molecule has 2 aromatic carbocycles. The van der Waals surface area contributed by atoms with Crippen molar-refractivity contribution < 1.29 is 14.3 Å². The van der Waals surface area contributed by atoms with Crippen LogP contribution in [0.5, 0.6) is 0 Å². The van der Waals surface area contributed by atoms with Crippen LogP contribution in [0.15, 0.2) is 59.5 Å². The average molecular weight is 336 g/mol. The predicted molar refractivity (Wildman–Crippen MR) is 94.9 cm³/mol. The lowest BCUT2D eigenvalue weighted by molar-refractivity contribution is 0.0600. The average Bonchev–Trinajstić information content (AvgIpc) is 2.64. The van der Waals surface area contributed by atoms with Gasteiger partial charge in [-0.15, -0.1) is 0 Å². The summed E-state index contributed by atoms with van der Waals surface area (Å²) in [6.45, 7) is 0. The largest absolute Gasteiger partial charge is 0.465 e. The van der Waals surface area contributed by atoms with Gasteiger partial charge in [0.05, 0.1) is 18.2 Å². The maximum atomic E-state index is 12.6. The van der Waals surface area contributed by atoms with Gasteiger partial charge in [-0.25, -0.2) is 4.79 Å². The van der Waals surface area contributed by atoms with Gasteiger partial charge in [0.25, 0.3) is 11.5 Å². The van der Waals surface area contributed by atoms with Crippen molar-refractivity contribution in [3.05, 3.63) is 76.2 Å². The Balaban J connectivity index is 1.94. The first-order valence-corrected chi connectivity index (χ1v) is 7.59. The fraction of sp³-hybridized carbons (Fsp3) is 0.105. The summed E-state index contributed by atoms with van der Waals surface area (Å²) < 4.78 is 6.03. The molecule has 3 rings (SSSR count). The van der Waals surface area contributed by atoms with Crippen molar-refractivity contribution in [2.75, 3.05) is 12.4 Å². The maximum absolute atomic E-state index is 12.6. The van der Waals surface area contributed by atoms with Gasteiger partial charge in [0, 0.05) is 29.7 Å². The number of esters is 1. The van der Waals surface area contributed by atoms with E-state index in [0.717, 1.165) is 0 Å². The molecule has 6 heteroatoms. The number of anilines is 1. The molecule has 1 N–H and O–H groups in total. The molecule has 0 atom stereocenters. The Morgan fingerprint density at radius 2 is 1.64 bits per heavy atom. The summed E-state index contributed by atoms with van der Waals surface area (Å²) in [7, 11) is 2.92. The van der Waals surface area contributed by atoms with E-state index in [1.54, 1.807) is 55.6 Å². The van der Waals surface area contributed by atoms with Gasteiger partial charge in [-0.1, -0.05) is 18.2 Å². The smallest absolute Gasteiger partial charge is 0.337 e. The molecule has 1 aromatic heterocycles. The van der Waals surface area contributed by atoms with E-state index in [4.69, 9.17) is 0 Å². The van der Waals surface area contributed by atoms with Crippen LogP contribution in [0.2, 0.25) is 0 Å². The second kappa shape index (κ2) is 6.60. The molecule has 0 aliphatic heterocycles. The lowest BCUT2D eigenvalue weighted by Gasteiger charge is -2.10. The van der Waals surface area contributed by atoms with E-state index in [-0.39, 0.29) is 11.5 Å². The van der Waals surface area contributed by atoms with Crippen molar-refractivity contribution in [2.45, 2.75) is 0 Å². The highest BCUT2D eigenvalue weighted by atomic mass is 16.5. The Morgan fingerprint density at radius 3 is 2.28 bits per heavy atom. The number of benzene rings is 2. The Labute approximate surface area is 143 Å². The van der Waals surface area contributed by atoms with Gasteiger partial charge < -0.3 is 14.6 Å². The highest BCUT2D eigenvalue weighted by Crippen LogP contribution is 2.18. The van der Waals surface area contributed by atoms with Gasteiger partial charge in [0.15, 0.2) is 0 Å². The van der Waals surface area contributed by atoms with Crippen LogP contribution in [0.25, 0.3) is 10.8 Å². The Hall–Kier alpha value is -3.41. The van der Waals surface area contributed by atoms with Crippen molar-refractivity contribution >= 4 is 28.3 Å². The van der Waals surface area contributed by atoms with Crippen LogP contribution in [0.1, 0.15) is 20.7 Å². The number of carbonyl (C=O) groups excluding carboxylic acids is 2. The van der Waals surface area contributed by atoms with Crippen LogP contribution in [-0.2, 0) is 11.8 Å². The molecule has 0 bridgehead atoms. The van der Waals surface area contributed by atoms with E-state index < -0.39 is 5.97 Å². The zero-order valence-corrected chi connectivity index (χ0v) is 13.8. The van der Waals surface area contributed by atoms with Crippen LogP contribution in [-0.4, -0.2) is 23.6 Å². The van der Waals surface area contributed by atoms with E-state index in [2.05, 4.69) is 10.1 Å². The van der Waals surface area contributed by atoms with Crippen LogP contribution in [0.4, 0.5) is 5.69 Å². The van der Waals surface area contributed by atoms with Crippen molar-refractivity contribution in [1.29, 1.82) is 0 Å². The number of pyridine rings is 1. The van der Waals surface area contributed by atoms with Gasteiger partial charge in [0.2, 0.25) is 0 Å². The monoisotopic (exact) mass is 336 g/mol. The number of aromatic nitrogens is 1. The molecule has 0 fully saturated rings. The first-order chi connectivity index (χ1) is 12.0. The molecule has 0 saturated heterocycles. The van der Waals surface area contributed by atoms with Gasteiger partial charge in [0.1, 0.15) is 0 Å². The molecule has 0 spiro atoms. The van der Waals surface area contributed by atoms with Gasteiger partial charge in [-0.2, -0.15) is 0 Å². The third-order valence-electron chi connectivity index (χ3n) is 3.90. The number of amides is 1. The molecule has 0 radical (unpaired) electrons. The molecule has 0 unspecified atom stereocenters. The Morgan fingerprint density at radius 1 is 1.00 bits per heavy atom. The standard InChI is InChI=1S/C19H16N2O4/c1-21-11-16(14-5-3-4-6-15(14)18(21)23)17(22)20-13-9-7-12(8-10-13)19(24)25-2/h3-11H,1-2H3,(H,20,22). The number of methoxy groups -OCH3 is 1.